The first-order chi connectivity index (χ1) is 16.3. The molecule has 35 heavy (non-hydrogen) atoms. The van der Waals surface area contributed by atoms with Crippen molar-refractivity contribution >= 4 is 30.5 Å². The summed E-state index contributed by atoms with van der Waals surface area (Å²) >= 11 is 4.35. The molecule has 0 radical (unpaired) electrons. The highest BCUT2D eigenvalue weighted by atomic mass is 32.1. The van der Waals surface area contributed by atoms with Crippen LogP contribution < -0.4 is 10.6 Å². The van der Waals surface area contributed by atoms with Gasteiger partial charge in [-0.25, -0.2) is 4.79 Å². The lowest BCUT2D eigenvalue weighted by molar-refractivity contribution is -0.148. The van der Waals surface area contributed by atoms with Gasteiger partial charge in [0.1, 0.15) is 17.7 Å². The summed E-state index contributed by atoms with van der Waals surface area (Å²) < 4.78 is 5.36. The van der Waals surface area contributed by atoms with Gasteiger partial charge in [-0.2, -0.15) is 12.6 Å². The third-order valence-electron chi connectivity index (χ3n) is 5.87. The Bertz CT molecular complexity index is 851. The molecule has 3 amide bonds. The maximum atomic E-state index is 14.0. The van der Waals surface area contributed by atoms with Gasteiger partial charge < -0.3 is 20.3 Å². The van der Waals surface area contributed by atoms with Gasteiger partial charge in [0.15, 0.2) is 0 Å². The van der Waals surface area contributed by atoms with Crippen molar-refractivity contribution in [2.24, 2.45) is 0 Å². The summed E-state index contributed by atoms with van der Waals surface area (Å²) in [4.78, 5) is 41.7. The van der Waals surface area contributed by atoms with Crippen LogP contribution in [0.1, 0.15) is 91.3 Å². The second kappa shape index (κ2) is 13.8. The van der Waals surface area contributed by atoms with Crippen molar-refractivity contribution in [3.05, 3.63) is 35.4 Å². The highest BCUT2D eigenvalue weighted by molar-refractivity contribution is 7.80. The number of hydrogen-bond donors (Lipinski definition) is 3. The smallest absolute Gasteiger partial charge is 0.408 e. The average molecular weight is 508 g/mol. The average Bonchev–Trinajstić information content (AvgIpc) is 2.76. The number of thiol groups is 1. The van der Waals surface area contributed by atoms with E-state index in [0.717, 1.165) is 30.4 Å². The van der Waals surface area contributed by atoms with Gasteiger partial charge in [-0.1, -0.05) is 56.5 Å². The third kappa shape index (κ3) is 9.74. The molecule has 0 heterocycles. The van der Waals surface area contributed by atoms with Gasteiger partial charge in [0, 0.05) is 17.8 Å². The number of benzene rings is 1. The highest BCUT2D eigenvalue weighted by Gasteiger charge is 2.42. The maximum absolute atomic E-state index is 14.0. The molecule has 0 aliphatic rings. The van der Waals surface area contributed by atoms with Crippen molar-refractivity contribution in [3.63, 3.8) is 0 Å². The predicted octanol–water partition coefficient (Wildman–Crippen LogP) is 5.18. The van der Waals surface area contributed by atoms with Crippen molar-refractivity contribution in [1.29, 1.82) is 0 Å². The lowest BCUT2D eigenvalue weighted by Crippen LogP contribution is -2.60. The van der Waals surface area contributed by atoms with Gasteiger partial charge in [0.05, 0.1) is 0 Å². The van der Waals surface area contributed by atoms with Crippen LogP contribution >= 0.6 is 12.6 Å². The monoisotopic (exact) mass is 507 g/mol. The molecular formula is C27H45N3O4S. The molecule has 2 unspecified atom stereocenters. The lowest BCUT2D eigenvalue weighted by Gasteiger charge is -2.44. The minimum Gasteiger partial charge on any atom is -0.444 e. The van der Waals surface area contributed by atoms with Gasteiger partial charge in [-0.3, -0.25) is 9.59 Å². The fraction of sp³-hybridized carbons (Fsp3) is 0.667. The summed E-state index contributed by atoms with van der Waals surface area (Å²) in [5.74, 6) is -0.558. The summed E-state index contributed by atoms with van der Waals surface area (Å²) in [6, 6.07) is 5.82. The van der Waals surface area contributed by atoms with E-state index in [2.05, 4.69) is 30.2 Å². The van der Waals surface area contributed by atoms with Crippen LogP contribution in [0.15, 0.2) is 24.3 Å². The summed E-state index contributed by atoms with van der Waals surface area (Å²) in [6.07, 6.45) is 2.84. The molecule has 0 saturated carbocycles. The van der Waals surface area contributed by atoms with Gasteiger partial charge in [0.2, 0.25) is 11.8 Å². The number of unbranched alkanes of at least 4 members (excludes halogenated alkanes) is 2. The first-order valence-corrected chi connectivity index (χ1v) is 13.2. The second-order valence-electron chi connectivity index (χ2n) is 10.6. The van der Waals surface area contributed by atoms with Gasteiger partial charge >= 0.3 is 6.09 Å². The van der Waals surface area contributed by atoms with E-state index in [4.69, 9.17) is 4.74 Å². The fourth-order valence-corrected chi connectivity index (χ4v) is 3.94. The number of hydrogen-bond acceptors (Lipinski definition) is 5. The summed E-state index contributed by atoms with van der Waals surface area (Å²) in [5.41, 5.74) is 0.330. The zero-order valence-corrected chi connectivity index (χ0v) is 23.6. The molecule has 1 aromatic rings. The van der Waals surface area contributed by atoms with Crippen LogP contribution in [0.3, 0.4) is 0 Å². The van der Waals surface area contributed by atoms with Crippen LogP contribution in [0, 0.1) is 6.92 Å². The number of rotatable bonds is 12. The number of alkyl carbamates (subject to hydrolysis) is 1. The molecule has 1 rings (SSSR count). The van der Waals surface area contributed by atoms with E-state index < -0.39 is 29.3 Å². The van der Waals surface area contributed by atoms with Crippen molar-refractivity contribution in [2.75, 3.05) is 12.3 Å². The van der Waals surface area contributed by atoms with E-state index in [9.17, 15) is 14.4 Å². The molecule has 0 bridgehead atoms. The Morgan fingerprint density at radius 3 is 2.26 bits per heavy atom. The number of aryl methyl sites for hydroxylation is 1. The molecule has 0 spiro atoms. The van der Waals surface area contributed by atoms with Crippen molar-refractivity contribution in [2.45, 2.75) is 104 Å². The molecule has 2 atom stereocenters. The Morgan fingerprint density at radius 1 is 1.09 bits per heavy atom. The molecule has 0 aliphatic heterocycles. The molecular weight excluding hydrogens is 462 g/mol. The molecule has 0 aliphatic carbocycles. The van der Waals surface area contributed by atoms with Gasteiger partial charge in [0.25, 0.3) is 0 Å². The largest absolute Gasteiger partial charge is 0.444 e. The first-order valence-electron chi connectivity index (χ1n) is 12.5. The summed E-state index contributed by atoms with van der Waals surface area (Å²) in [7, 11) is 0. The zero-order chi connectivity index (χ0) is 26.8. The zero-order valence-electron chi connectivity index (χ0n) is 22.7. The fourth-order valence-electron chi connectivity index (χ4n) is 3.69. The van der Waals surface area contributed by atoms with Crippen molar-refractivity contribution in [1.82, 2.24) is 15.5 Å². The molecule has 0 aromatic heterocycles. The number of nitrogens with zero attached hydrogens (tertiary/aromatic N) is 1. The van der Waals surface area contributed by atoms with E-state index in [1.807, 2.05) is 52.0 Å². The number of carbonyl (C=O) groups excluding carboxylic acids is 3. The molecule has 0 fully saturated rings. The van der Waals surface area contributed by atoms with E-state index in [0.29, 0.717) is 13.0 Å². The van der Waals surface area contributed by atoms with Crippen LogP contribution in [0.25, 0.3) is 0 Å². The highest BCUT2D eigenvalue weighted by Crippen LogP contribution is 2.32. The van der Waals surface area contributed by atoms with Crippen LogP contribution in [-0.4, -0.2) is 52.3 Å². The molecule has 8 heteroatoms. The molecule has 7 nitrogen and oxygen atoms in total. The number of carbonyl (C=O) groups is 3. The predicted molar refractivity (Wildman–Crippen MR) is 145 cm³/mol. The Balaban J connectivity index is 3.45. The number of amides is 3. The quantitative estimate of drug-likeness (QED) is 0.269. The normalized spacial score (nSPS) is 13.5. The van der Waals surface area contributed by atoms with Crippen LogP contribution in [0.2, 0.25) is 0 Å². The van der Waals surface area contributed by atoms with Gasteiger partial charge in [-0.05, 0) is 59.9 Å². The number of ether oxygens (including phenoxy) is 1. The second-order valence-corrected chi connectivity index (χ2v) is 10.9. The van der Waals surface area contributed by atoms with E-state index >= 15 is 0 Å². The van der Waals surface area contributed by atoms with E-state index in [1.54, 1.807) is 25.7 Å². The molecule has 2 N–H and O–H groups in total. The van der Waals surface area contributed by atoms with Crippen LogP contribution in [0.4, 0.5) is 4.79 Å². The Kier molecular flexibility index (Phi) is 12.1. The minimum absolute atomic E-state index is 0.0625. The number of nitrogens with one attached hydrogen (secondary N) is 2. The standard InChI is InChI=1S/C27H45N3O4S/c1-9-11-12-16-28-23(31)22(20-15-13-14-19(3)17-20)30(27(7,8)10-2)24(32)21(18-35)29-25(33)34-26(4,5)6/h13-15,17,21-22,35H,9-12,16,18H2,1-8H3,(H,28,31)(H,29,33). The molecule has 198 valence electrons. The Labute approximate surface area is 217 Å². The third-order valence-corrected chi connectivity index (χ3v) is 6.24. The van der Waals surface area contributed by atoms with Crippen molar-refractivity contribution in [3.8, 4) is 0 Å². The molecule has 0 saturated heterocycles. The summed E-state index contributed by atoms with van der Waals surface area (Å²) in [5, 5.41) is 5.69. The topological polar surface area (TPSA) is 87.7 Å². The first kappa shape index (κ1) is 30.8. The van der Waals surface area contributed by atoms with Crippen molar-refractivity contribution < 1.29 is 19.1 Å². The Hall–Kier alpha value is -2.22. The van der Waals surface area contributed by atoms with E-state index in [1.165, 1.54) is 0 Å². The minimum atomic E-state index is -0.959. The van der Waals surface area contributed by atoms with Gasteiger partial charge in [-0.15, -0.1) is 0 Å². The maximum Gasteiger partial charge on any atom is 0.408 e. The van der Waals surface area contributed by atoms with Crippen LogP contribution in [-0.2, 0) is 14.3 Å². The van der Waals surface area contributed by atoms with Crippen LogP contribution in [0.5, 0.6) is 0 Å². The van der Waals surface area contributed by atoms with E-state index in [-0.39, 0.29) is 17.6 Å². The SMILES string of the molecule is CCCCCNC(=O)C(c1cccc(C)c1)N(C(=O)C(CS)NC(=O)OC(C)(C)C)C(C)(C)CC. The molecule has 1 aromatic carbocycles. The Morgan fingerprint density at radius 2 is 1.74 bits per heavy atom. The summed E-state index contributed by atoms with van der Waals surface area (Å²) in [6.45, 7) is 15.7. The lowest BCUT2D eigenvalue weighted by atomic mass is 9.91.